The summed E-state index contributed by atoms with van der Waals surface area (Å²) < 4.78 is 54.6. The fourth-order valence-corrected chi connectivity index (χ4v) is 2.66. The van der Waals surface area contributed by atoms with Crippen molar-refractivity contribution in [3.63, 3.8) is 0 Å². The third-order valence-corrected chi connectivity index (χ3v) is 3.81. The summed E-state index contributed by atoms with van der Waals surface area (Å²) in [5.74, 6) is -3.20. The van der Waals surface area contributed by atoms with Crippen molar-refractivity contribution < 1.29 is 17.6 Å². The molecule has 20 heavy (non-hydrogen) atoms. The molecule has 4 nitrogen and oxygen atoms in total. The topological polar surface area (TPSA) is 56.2 Å². The van der Waals surface area contributed by atoms with Gasteiger partial charge in [0.2, 0.25) is 5.95 Å². The van der Waals surface area contributed by atoms with Gasteiger partial charge in [-0.1, -0.05) is 6.42 Å². The Morgan fingerprint density at radius 2 is 2.05 bits per heavy atom. The van der Waals surface area contributed by atoms with E-state index in [-0.39, 0.29) is 17.2 Å². The number of nitrogens with zero attached hydrogens (tertiary/aromatic N) is 3. The van der Waals surface area contributed by atoms with Crippen LogP contribution in [0.25, 0.3) is 5.52 Å². The first-order valence-electron chi connectivity index (χ1n) is 6.24. The van der Waals surface area contributed by atoms with Crippen molar-refractivity contribution in [2.75, 3.05) is 5.73 Å². The van der Waals surface area contributed by atoms with Crippen molar-refractivity contribution in [2.45, 2.75) is 31.4 Å². The summed E-state index contributed by atoms with van der Waals surface area (Å²) in [5, 5.41) is 3.71. The molecule has 1 fully saturated rings. The minimum atomic E-state index is -4.44. The van der Waals surface area contributed by atoms with Crippen molar-refractivity contribution in [2.24, 2.45) is 5.92 Å². The third-order valence-electron chi connectivity index (χ3n) is 3.81. The molecule has 1 aliphatic rings. The van der Waals surface area contributed by atoms with Crippen LogP contribution in [-0.4, -0.2) is 20.8 Å². The minimum Gasteiger partial charge on any atom is -0.367 e. The molecule has 0 bridgehead atoms. The van der Waals surface area contributed by atoms with Crippen molar-refractivity contribution in [3.8, 4) is 0 Å². The monoisotopic (exact) mass is 288 g/mol. The highest BCUT2D eigenvalue weighted by Crippen LogP contribution is 2.48. The smallest absolute Gasteiger partial charge is 0.367 e. The zero-order valence-corrected chi connectivity index (χ0v) is 10.4. The van der Waals surface area contributed by atoms with Gasteiger partial charge in [0.25, 0.3) is 0 Å². The van der Waals surface area contributed by atoms with Gasteiger partial charge in [0.1, 0.15) is 11.4 Å². The van der Waals surface area contributed by atoms with E-state index in [1.54, 1.807) is 0 Å². The van der Waals surface area contributed by atoms with Gasteiger partial charge in [-0.2, -0.15) is 13.2 Å². The van der Waals surface area contributed by atoms with Gasteiger partial charge in [-0.25, -0.2) is 13.9 Å². The molecule has 0 aliphatic heterocycles. The lowest BCUT2D eigenvalue weighted by Crippen LogP contribution is -2.33. The Kier molecular flexibility index (Phi) is 2.84. The first kappa shape index (κ1) is 13.1. The molecule has 2 aromatic rings. The summed E-state index contributed by atoms with van der Waals surface area (Å²) in [6.07, 6.45) is -1.61. The lowest BCUT2D eigenvalue weighted by Gasteiger charge is -2.34. The Labute approximate surface area is 111 Å². The molecule has 2 heterocycles. The van der Waals surface area contributed by atoms with Crippen LogP contribution in [0.4, 0.5) is 23.5 Å². The van der Waals surface area contributed by atoms with Gasteiger partial charge < -0.3 is 5.73 Å². The number of nitrogen functional groups attached to an aromatic ring is 1. The second-order valence-corrected chi connectivity index (χ2v) is 5.04. The fraction of sp³-hybridized carbons (Fsp3) is 0.500. The molecule has 0 amide bonds. The fourth-order valence-electron chi connectivity index (χ4n) is 2.66. The van der Waals surface area contributed by atoms with Crippen molar-refractivity contribution in [3.05, 3.63) is 23.8 Å². The Hall–Kier alpha value is -1.86. The summed E-state index contributed by atoms with van der Waals surface area (Å²) in [7, 11) is 0. The molecular weight excluding hydrogens is 276 g/mol. The second kappa shape index (κ2) is 4.32. The molecule has 0 radical (unpaired) electrons. The van der Waals surface area contributed by atoms with E-state index in [0.29, 0.717) is 12.8 Å². The largest absolute Gasteiger partial charge is 0.397 e. The number of halogens is 4. The Morgan fingerprint density at radius 3 is 2.60 bits per heavy atom. The first-order chi connectivity index (χ1) is 9.38. The lowest BCUT2D eigenvalue weighted by atomic mass is 9.74. The highest BCUT2D eigenvalue weighted by molar-refractivity contribution is 5.50. The highest BCUT2D eigenvalue weighted by Gasteiger charge is 2.49. The summed E-state index contributed by atoms with van der Waals surface area (Å²) >= 11 is 0. The summed E-state index contributed by atoms with van der Waals surface area (Å²) in [5.41, 5.74) is 5.09. The van der Waals surface area contributed by atoms with E-state index in [1.807, 2.05) is 0 Å². The number of nitrogens with two attached hydrogens (primary N) is 1. The molecule has 0 aromatic carbocycles. The van der Waals surface area contributed by atoms with Gasteiger partial charge in [0, 0.05) is 0 Å². The van der Waals surface area contributed by atoms with Crippen LogP contribution in [0, 0.1) is 11.7 Å². The quantitative estimate of drug-likeness (QED) is 0.864. The Morgan fingerprint density at radius 1 is 1.35 bits per heavy atom. The second-order valence-electron chi connectivity index (χ2n) is 5.04. The van der Waals surface area contributed by atoms with Gasteiger partial charge in [-0.05, 0) is 24.8 Å². The Balaban J connectivity index is 2.18. The van der Waals surface area contributed by atoms with E-state index in [0.717, 1.165) is 23.2 Å². The van der Waals surface area contributed by atoms with E-state index < -0.39 is 23.8 Å². The number of alkyl halides is 3. The van der Waals surface area contributed by atoms with Crippen LogP contribution < -0.4 is 5.73 Å². The van der Waals surface area contributed by atoms with Gasteiger partial charge >= 0.3 is 6.18 Å². The average Bonchev–Trinajstić information content (AvgIpc) is 2.58. The van der Waals surface area contributed by atoms with Crippen molar-refractivity contribution in [1.82, 2.24) is 14.6 Å². The number of aromatic nitrogens is 3. The maximum Gasteiger partial charge on any atom is 0.397 e. The van der Waals surface area contributed by atoms with Gasteiger partial charge in [-0.3, -0.25) is 0 Å². The zero-order valence-electron chi connectivity index (χ0n) is 10.4. The average molecular weight is 288 g/mol. The SMILES string of the molecule is Nc1ncc2c(F)cc(C(C3CCC3)C(F)(F)F)n2n1. The molecule has 108 valence electrons. The third kappa shape index (κ3) is 1.99. The molecule has 2 N–H and O–H groups in total. The molecule has 3 rings (SSSR count). The minimum absolute atomic E-state index is 0.0947. The van der Waals surface area contributed by atoms with Crippen LogP contribution in [0.3, 0.4) is 0 Å². The predicted octanol–water partition coefficient (Wildman–Crippen LogP) is 2.90. The number of rotatable bonds is 2. The van der Waals surface area contributed by atoms with Crippen LogP contribution in [0.2, 0.25) is 0 Å². The first-order valence-corrected chi connectivity index (χ1v) is 6.24. The molecule has 2 aromatic heterocycles. The molecule has 0 spiro atoms. The van der Waals surface area contributed by atoms with Crippen LogP contribution >= 0.6 is 0 Å². The molecule has 8 heteroatoms. The highest BCUT2D eigenvalue weighted by atomic mass is 19.4. The van der Waals surface area contributed by atoms with Crippen LogP contribution in [-0.2, 0) is 0 Å². The number of hydrogen-bond donors (Lipinski definition) is 1. The number of fused-ring (bicyclic) bond motifs is 1. The molecular formula is C12H12F4N4. The van der Waals surface area contributed by atoms with Crippen molar-refractivity contribution in [1.29, 1.82) is 0 Å². The van der Waals surface area contributed by atoms with E-state index >= 15 is 0 Å². The number of hydrogen-bond acceptors (Lipinski definition) is 3. The molecule has 0 saturated heterocycles. The van der Waals surface area contributed by atoms with Gasteiger partial charge in [0.05, 0.1) is 11.9 Å². The maximum absolute atomic E-state index is 13.8. The summed E-state index contributed by atoms with van der Waals surface area (Å²) in [6, 6.07) is 0.889. The van der Waals surface area contributed by atoms with Crippen molar-refractivity contribution >= 4 is 11.5 Å². The molecule has 1 atom stereocenters. The molecule has 1 aliphatic carbocycles. The van der Waals surface area contributed by atoms with Gasteiger partial charge in [0.15, 0.2) is 5.82 Å². The Bertz CT molecular complexity index is 645. The van der Waals surface area contributed by atoms with E-state index in [4.69, 9.17) is 5.73 Å². The molecule has 1 saturated carbocycles. The van der Waals surface area contributed by atoms with E-state index in [2.05, 4.69) is 10.1 Å². The maximum atomic E-state index is 13.8. The standard InChI is InChI=1S/C12H12F4N4/c13-7-4-8(20-9(7)5-18-11(17)19-20)10(12(14,15)16)6-2-1-3-6/h4-6,10H,1-3H2,(H2,17,19). The summed E-state index contributed by atoms with van der Waals surface area (Å²) in [6.45, 7) is 0. The van der Waals surface area contributed by atoms with Crippen LogP contribution in [0.5, 0.6) is 0 Å². The number of anilines is 1. The van der Waals surface area contributed by atoms with E-state index in [1.165, 1.54) is 0 Å². The predicted molar refractivity (Wildman–Crippen MR) is 63.5 cm³/mol. The zero-order chi connectivity index (χ0) is 14.5. The van der Waals surface area contributed by atoms with E-state index in [9.17, 15) is 17.6 Å². The van der Waals surface area contributed by atoms with Crippen LogP contribution in [0.15, 0.2) is 12.3 Å². The molecule has 1 unspecified atom stereocenters. The lowest BCUT2D eigenvalue weighted by molar-refractivity contribution is -0.169. The summed E-state index contributed by atoms with van der Waals surface area (Å²) in [4.78, 5) is 3.61. The van der Waals surface area contributed by atoms with Crippen LogP contribution in [0.1, 0.15) is 30.9 Å². The normalized spacial score (nSPS) is 18.2. The van der Waals surface area contributed by atoms with Gasteiger partial charge in [-0.15, -0.1) is 5.10 Å².